The van der Waals surface area contributed by atoms with Gasteiger partial charge in [0.05, 0.1) is 19.2 Å². The predicted molar refractivity (Wildman–Crippen MR) is 101 cm³/mol. The minimum atomic E-state index is -0.507. The largest absolute Gasteiger partial charge is 0.496 e. The zero-order chi connectivity index (χ0) is 19.2. The number of aromatic nitrogens is 2. The zero-order valence-corrected chi connectivity index (χ0v) is 15.2. The number of benzene rings is 2. The number of hydrogen-bond donors (Lipinski definition) is 2. The number of rotatable bonds is 5. The molecule has 3 rings (SSSR count). The van der Waals surface area contributed by atoms with Gasteiger partial charge in [-0.1, -0.05) is 23.7 Å². The molecule has 27 heavy (non-hydrogen) atoms. The zero-order valence-electron chi connectivity index (χ0n) is 14.5. The highest BCUT2D eigenvalue weighted by molar-refractivity contribution is 6.30. The van der Waals surface area contributed by atoms with E-state index in [1.807, 2.05) is 24.4 Å². The molecule has 1 aromatic heterocycles. The van der Waals surface area contributed by atoms with Crippen LogP contribution >= 0.6 is 11.6 Å². The molecule has 2 aromatic carbocycles. The lowest BCUT2D eigenvalue weighted by Crippen LogP contribution is -2.41. The van der Waals surface area contributed by atoms with Crippen molar-refractivity contribution in [3.63, 3.8) is 0 Å². The molecule has 0 saturated heterocycles. The second-order valence-corrected chi connectivity index (χ2v) is 6.09. The van der Waals surface area contributed by atoms with Gasteiger partial charge in [0, 0.05) is 23.0 Å². The minimum Gasteiger partial charge on any atom is -0.496 e. The van der Waals surface area contributed by atoms with Crippen molar-refractivity contribution in [3.05, 3.63) is 82.6 Å². The summed E-state index contributed by atoms with van der Waals surface area (Å²) in [6.45, 7) is 0.613. The van der Waals surface area contributed by atoms with Gasteiger partial charge in [-0.15, -0.1) is 0 Å². The van der Waals surface area contributed by atoms with Gasteiger partial charge in [-0.05, 0) is 42.0 Å². The SMILES string of the molecule is COc1cc(Cl)ccc1C(=O)NNC(=O)c1ccc(Cn2cccn2)cc1. The van der Waals surface area contributed by atoms with E-state index < -0.39 is 11.8 Å². The van der Waals surface area contributed by atoms with Crippen molar-refractivity contribution in [2.24, 2.45) is 0 Å². The lowest BCUT2D eigenvalue weighted by Gasteiger charge is -2.11. The average molecular weight is 385 g/mol. The van der Waals surface area contributed by atoms with Crippen LogP contribution in [0.25, 0.3) is 0 Å². The van der Waals surface area contributed by atoms with E-state index in [1.165, 1.54) is 19.2 Å². The van der Waals surface area contributed by atoms with Gasteiger partial charge in [0.2, 0.25) is 0 Å². The maximum absolute atomic E-state index is 12.2. The molecule has 0 fully saturated rings. The number of ether oxygens (including phenoxy) is 1. The first-order valence-electron chi connectivity index (χ1n) is 8.07. The summed E-state index contributed by atoms with van der Waals surface area (Å²) < 4.78 is 6.92. The standard InChI is InChI=1S/C19H17ClN4O3/c1-27-17-11-15(20)7-8-16(17)19(26)23-22-18(25)14-5-3-13(4-6-14)12-24-10-2-9-21-24/h2-11H,12H2,1H3,(H,22,25)(H,23,26). The van der Waals surface area contributed by atoms with Gasteiger partial charge in [0.25, 0.3) is 11.8 Å². The molecule has 0 aliphatic carbocycles. The summed E-state index contributed by atoms with van der Waals surface area (Å²) in [7, 11) is 1.44. The van der Waals surface area contributed by atoms with Crippen LogP contribution in [0, 0.1) is 0 Å². The average Bonchev–Trinajstić information content (AvgIpc) is 3.19. The number of hydrazine groups is 1. The molecular formula is C19H17ClN4O3. The molecule has 3 aromatic rings. The van der Waals surface area contributed by atoms with Gasteiger partial charge in [-0.2, -0.15) is 5.10 Å². The fourth-order valence-corrected chi connectivity index (χ4v) is 2.61. The summed E-state index contributed by atoms with van der Waals surface area (Å²) in [5.41, 5.74) is 6.44. The van der Waals surface area contributed by atoms with Gasteiger partial charge in [0.1, 0.15) is 5.75 Å². The van der Waals surface area contributed by atoms with Crippen LogP contribution in [-0.4, -0.2) is 28.7 Å². The van der Waals surface area contributed by atoms with Crippen molar-refractivity contribution >= 4 is 23.4 Å². The quantitative estimate of drug-likeness (QED) is 0.662. The van der Waals surface area contributed by atoms with Gasteiger partial charge < -0.3 is 4.74 Å². The highest BCUT2D eigenvalue weighted by Gasteiger charge is 2.14. The topological polar surface area (TPSA) is 85.3 Å². The van der Waals surface area contributed by atoms with Crippen LogP contribution in [0.3, 0.4) is 0 Å². The molecular weight excluding hydrogens is 368 g/mol. The molecule has 0 unspecified atom stereocenters. The number of halogens is 1. The lowest BCUT2D eigenvalue weighted by molar-refractivity contribution is 0.0845. The van der Waals surface area contributed by atoms with E-state index in [9.17, 15) is 9.59 Å². The molecule has 0 atom stereocenters. The highest BCUT2D eigenvalue weighted by atomic mass is 35.5. The van der Waals surface area contributed by atoms with E-state index in [4.69, 9.17) is 16.3 Å². The van der Waals surface area contributed by atoms with Crippen molar-refractivity contribution in [2.75, 3.05) is 7.11 Å². The van der Waals surface area contributed by atoms with Crippen LogP contribution in [0.4, 0.5) is 0 Å². The molecule has 0 spiro atoms. The minimum absolute atomic E-state index is 0.261. The molecule has 138 valence electrons. The Bertz CT molecular complexity index is 940. The van der Waals surface area contributed by atoms with E-state index in [1.54, 1.807) is 29.1 Å². The van der Waals surface area contributed by atoms with Crippen molar-refractivity contribution < 1.29 is 14.3 Å². The van der Waals surface area contributed by atoms with Gasteiger partial charge >= 0.3 is 0 Å². The lowest BCUT2D eigenvalue weighted by atomic mass is 10.1. The Morgan fingerprint density at radius 1 is 1.11 bits per heavy atom. The van der Waals surface area contributed by atoms with Gasteiger partial charge in [-0.25, -0.2) is 0 Å². The number of nitrogens with zero attached hydrogens (tertiary/aromatic N) is 2. The predicted octanol–water partition coefficient (Wildman–Crippen LogP) is 2.67. The summed E-state index contributed by atoms with van der Waals surface area (Å²) in [4.78, 5) is 24.5. The van der Waals surface area contributed by atoms with Crippen LogP contribution < -0.4 is 15.6 Å². The third-order valence-electron chi connectivity index (χ3n) is 3.82. The smallest absolute Gasteiger partial charge is 0.273 e. The molecule has 7 nitrogen and oxygen atoms in total. The summed E-state index contributed by atoms with van der Waals surface area (Å²) >= 11 is 5.88. The van der Waals surface area contributed by atoms with E-state index in [0.29, 0.717) is 22.9 Å². The van der Waals surface area contributed by atoms with E-state index in [0.717, 1.165) is 5.56 Å². The number of methoxy groups -OCH3 is 1. The first-order valence-corrected chi connectivity index (χ1v) is 8.45. The molecule has 1 heterocycles. The van der Waals surface area contributed by atoms with Crippen molar-refractivity contribution in [1.82, 2.24) is 20.6 Å². The molecule has 8 heteroatoms. The second kappa shape index (κ2) is 8.37. The van der Waals surface area contributed by atoms with Crippen LogP contribution in [-0.2, 0) is 6.54 Å². The van der Waals surface area contributed by atoms with Crippen LogP contribution in [0.2, 0.25) is 5.02 Å². The molecule has 0 radical (unpaired) electrons. The first kappa shape index (κ1) is 18.5. The fraction of sp³-hybridized carbons (Fsp3) is 0.105. The Labute approximate surface area is 160 Å². The Kier molecular flexibility index (Phi) is 5.73. The van der Waals surface area contributed by atoms with Gasteiger partial charge in [0.15, 0.2) is 0 Å². The van der Waals surface area contributed by atoms with Crippen molar-refractivity contribution in [2.45, 2.75) is 6.54 Å². The molecule has 0 aliphatic rings. The Morgan fingerprint density at radius 3 is 2.52 bits per heavy atom. The number of hydrogen-bond acceptors (Lipinski definition) is 4. The number of carbonyl (C=O) groups excluding carboxylic acids is 2. The summed E-state index contributed by atoms with van der Waals surface area (Å²) in [6, 6.07) is 13.5. The van der Waals surface area contributed by atoms with Crippen LogP contribution in [0.5, 0.6) is 5.75 Å². The second-order valence-electron chi connectivity index (χ2n) is 5.65. The fourth-order valence-electron chi connectivity index (χ4n) is 2.45. The Morgan fingerprint density at radius 2 is 1.85 bits per heavy atom. The number of carbonyl (C=O) groups is 2. The molecule has 2 amide bonds. The van der Waals surface area contributed by atoms with Crippen molar-refractivity contribution in [1.29, 1.82) is 0 Å². The summed E-state index contributed by atoms with van der Waals surface area (Å²) in [5, 5.41) is 4.58. The number of nitrogens with one attached hydrogen (secondary N) is 2. The van der Waals surface area contributed by atoms with Gasteiger partial charge in [-0.3, -0.25) is 25.1 Å². The Balaban J connectivity index is 1.59. The molecule has 0 saturated carbocycles. The maximum Gasteiger partial charge on any atom is 0.273 e. The molecule has 0 aliphatic heterocycles. The maximum atomic E-state index is 12.2. The van der Waals surface area contributed by atoms with E-state index >= 15 is 0 Å². The number of amides is 2. The summed E-state index contributed by atoms with van der Waals surface area (Å²) in [5.74, 6) is -0.619. The summed E-state index contributed by atoms with van der Waals surface area (Å²) in [6.07, 6.45) is 3.57. The molecule has 0 bridgehead atoms. The highest BCUT2D eigenvalue weighted by Crippen LogP contribution is 2.22. The Hall–Kier alpha value is -3.32. The first-order chi connectivity index (χ1) is 13.1. The third-order valence-corrected chi connectivity index (χ3v) is 4.05. The normalized spacial score (nSPS) is 10.3. The van der Waals surface area contributed by atoms with Crippen molar-refractivity contribution in [3.8, 4) is 5.75 Å². The monoisotopic (exact) mass is 384 g/mol. The van der Waals surface area contributed by atoms with Crippen LogP contribution in [0.15, 0.2) is 60.9 Å². The third kappa shape index (κ3) is 4.65. The van der Waals surface area contributed by atoms with E-state index in [-0.39, 0.29) is 5.56 Å². The van der Waals surface area contributed by atoms with Crippen LogP contribution in [0.1, 0.15) is 26.3 Å². The molecule has 2 N–H and O–H groups in total. The van der Waals surface area contributed by atoms with E-state index in [2.05, 4.69) is 16.0 Å².